The number of rotatable bonds is 4. The lowest BCUT2D eigenvalue weighted by molar-refractivity contribution is 0.795. The maximum absolute atomic E-state index is 3.58. The summed E-state index contributed by atoms with van der Waals surface area (Å²) in [6.45, 7) is 5.77. The molecule has 0 radical (unpaired) electrons. The Balaban J connectivity index is 2.56. The van der Waals surface area contributed by atoms with Gasteiger partial charge in [-0.25, -0.2) is 19.1 Å². The van der Waals surface area contributed by atoms with Crippen LogP contribution in [0, 0.1) is 6.42 Å². The minimum atomic E-state index is 1.19. The Kier molecular flexibility index (Phi) is 5.30. The lowest BCUT2D eigenvalue weighted by Crippen LogP contribution is -1.69. The van der Waals surface area contributed by atoms with Crippen LogP contribution in [0.5, 0.6) is 0 Å². The van der Waals surface area contributed by atoms with E-state index in [0.29, 0.717) is 0 Å². The maximum atomic E-state index is 3.58. The lowest BCUT2D eigenvalue weighted by atomic mass is 10.2. The molecular formula is C7H13-. The summed E-state index contributed by atoms with van der Waals surface area (Å²) in [6.07, 6.45) is 7.73. The zero-order chi connectivity index (χ0) is 5.54. The third-order valence-electron chi connectivity index (χ3n) is 0.891. The summed E-state index contributed by atoms with van der Waals surface area (Å²) in [5.74, 6) is 0. The molecule has 0 saturated carbocycles. The van der Waals surface area contributed by atoms with Crippen molar-refractivity contribution in [1.82, 2.24) is 0 Å². The van der Waals surface area contributed by atoms with Crippen LogP contribution in [0.3, 0.4) is 0 Å². The van der Waals surface area contributed by atoms with Crippen molar-refractivity contribution < 1.29 is 0 Å². The summed E-state index contributed by atoms with van der Waals surface area (Å²) in [4.78, 5) is 0. The second-order valence-electron chi connectivity index (χ2n) is 1.61. The van der Waals surface area contributed by atoms with Gasteiger partial charge >= 0.3 is 0 Å². The summed E-state index contributed by atoms with van der Waals surface area (Å²) < 4.78 is 0. The lowest BCUT2D eigenvalue weighted by Gasteiger charge is -1.95. The number of hydrogen-bond acceptors (Lipinski definition) is 0. The first-order chi connectivity index (χ1) is 3.41. The molecule has 0 atom stereocenters. The molecule has 0 spiro atoms. The third kappa shape index (κ3) is 5.61. The summed E-state index contributed by atoms with van der Waals surface area (Å²) in [7, 11) is 0. The van der Waals surface area contributed by atoms with Gasteiger partial charge in [-0.05, 0) is 0 Å². The quantitative estimate of drug-likeness (QED) is 0.373. The first-order valence-electron chi connectivity index (χ1n) is 2.86. The molecule has 0 aliphatic heterocycles. The van der Waals surface area contributed by atoms with E-state index in [4.69, 9.17) is 0 Å². The Morgan fingerprint density at radius 3 is 2.86 bits per heavy atom. The van der Waals surface area contributed by atoms with Crippen LogP contribution in [0.4, 0.5) is 0 Å². The monoisotopic (exact) mass is 97.1 g/mol. The average Bonchev–Trinajstić information content (AvgIpc) is 1.69. The van der Waals surface area contributed by atoms with Gasteiger partial charge in [0.05, 0.1) is 0 Å². The smallest absolute Gasteiger partial charge is 0.0573 e. The van der Waals surface area contributed by atoms with E-state index >= 15 is 0 Å². The third-order valence-corrected chi connectivity index (χ3v) is 0.891. The van der Waals surface area contributed by atoms with E-state index < -0.39 is 0 Å². The molecule has 0 rings (SSSR count). The second-order valence-corrected chi connectivity index (χ2v) is 1.61. The Bertz CT molecular complexity index is 37.3. The van der Waals surface area contributed by atoms with Gasteiger partial charge in [0.25, 0.3) is 0 Å². The summed E-state index contributed by atoms with van der Waals surface area (Å²) >= 11 is 0. The molecule has 0 saturated heterocycles. The van der Waals surface area contributed by atoms with Crippen molar-refractivity contribution in [3.63, 3.8) is 0 Å². The predicted octanol–water partition coefficient (Wildman–Crippen LogP) is 2.57. The van der Waals surface area contributed by atoms with Crippen LogP contribution in [0.25, 0.3) is 0 Å². The molecule has 0 unspecified atom stereocenters. The first kappa shape index (κ1) is 6.61. The Morgan fingerprint density at radius 2 is 2.43 bits per heavy atom. The highest BCUT2D eigenvalue weighted by atomic mass is 13.8. The van der Waals surface area contributed by atoms with Gasteiger partial charge in [-0.1, -0.05) is 19.8 Å². The molecule has 0 bridgehead atoms. The molecular weight excluding hydrogens is 84.1 g/mol. The molecule has 0 aliphatic rings. The van der Waals surface area contributed by atoms with E-state index in [1.807, 2.05) is 6.08 Å². The first-order valence-corrected chi connectivity index (χ1v) is 2.86. The van der Waals surface area contributed by atoms with Gasteiger partial charge in [0.2, 0.25) is 0 Å². The molecule has 42 valence electrons. The topological polar surface area (TPSA) is 0 Å². The van der Waals surface area contributed by atoms with Gasteiger partial charge in [0, 0.05) is 0 Å². The summed E-state index contributed by atoms with van der Waals surface area (Å²) in [5, 5.41) is 0. The maximum Gasteiger partial charge on any atom is -0.0573 e. The van der Waals surface area contributed by atoms with Gasteiger partial charge in [-0.2, -0.15) is 0 Å². The minimum Gasteiger partial charge on any atom is -0.245 e. The van der Waals surface area contributed by atoms with Gasteiger partial charge in [0.1, 0.15) is 0 Å². The highest BCUT2D eigenvalue weighted by Crippen LogP contribution is 1.96. The van der Waals surface area contributed by atoms with Crippen LogP contribution in [0.2, 0.25) is 0 Å². The number of allylic oxidation sites excluding steroid dienone is 1. The van der Waals surface area contributed by atoms with E-state index in [1.165, 1.54) is 19.3 Å². The van der Waals surface area contributed by atoms with Gasteiger partial charge in [0.15, 0.2) is 0 Å². The molecule has 0 nitrogen and oxygen atoms in total. The summed E-state index contributed by atoms with van der Waals surface area (Å²) in [5.41, 5.74) is 0. The van der Waals surface area contributed by atoms with E-state index in [9.17, 15) is 0 Å². The molecule has 0 heterocycles. The normalized spacial score (nSPS) is 8.14. The van der Waals surface area contributed by atoms with E-state index in [1.54, 1.807) is 0 Å². The number of unbranched alkanes of at least 4 members (excludes halogenated alkanes) is 3. The van der Waals surface area contributed by atoms with Crippen LogP contribution in [-0.2, 0) is 0 Å². The fourth-order valence-electron chi connectivity index (χ4n) is 0.440. The standard InChI is InChI=1S/C7H13/c1-3-5-7-6-4-2/h3,5H,1,4,6-7H2,2H3/q-1. The van der Waals surface area contributed by atoms with Crippen molar-refractivity contribution in [3.05, 3.63) is 19.1 Å². The Labute approximate surface area is 46.2 Å². The van der Waals surface area contributed by atoms with Gasteiger partial charge in [-0.15, -0.1) is 6.42 Å². The van der Waals surface area contributed by atoms with E-state index in [0.717, 1.165) is 0 Å². The Hall–Kier alpha value is -0.390. The van der Waals surface area contributed by atoms with Crippen LogP contribution >= 0.6 is 0 Å². The van der Waals surface area contributed by atoms with Crippen LogP contribution < -0.4 is 0 Å². The molecule has 0 fully saturated rings. The average molecular weight is 97.2 g/mol. The van der Waals surface area contributed by atoms with Crippen molar-refractivity contribution in [2.24, 2.45) is 0 Å². The zero-order valence-corrected chi connectivity index (χ0v) is 4.98. The molecule has 0 amide bonds. The molecule has 0 aromatic carbocycles. The van der Waals surface area contributed by atoms with Crippen LogP contribution in [0.1, 0.15) is 26.2 Å². The summed E-state index contributed by atoms with van der Waals surface area (Å²) in [6, 6.07) is 0. The molecule has 0 heteroatoms. The Morgan fingerprint density at radius 1 is 1.71 bits per heavy atom. The number of hydrogen-bond donors (Lipinski definition) is 0. The van der Waals surface area contributed by atoms with Crippen molar-refractivity contribution in [1.29, 1.82) is 0 Å². The second kappa shape index (κ2) is 5.61. The SMILES string of the molecule is C=C[CH-]CCCC. The van der Waals surface area contributed by atoms with Crippen LogP contribution in [0.15, 0.2) is 12.7 Å². The van der Waals surface area contributed by atoms with Gasteiger partial charge in [-0.3, -0.25) is 0 Å². The minimum absolute atomic E-state index is 1.19. The fourth-order valence-corrected chi connectivity index (χ4v) is 0.440. The zero-order valence-electron chi connectivity index (χ0n) is 4.98. The molecule has 0 aromatic heterocycles. The fraction of sp³-hybridized carbons (Fsp3) is 0.571. The van der Waals surface area contributed by atoms with E-state index in [2.05, 4.69) is 19.9 Å². The molecule has 0 aliphatic carbocycles. The molecule has 0 N–H and O–H groups in total. The van der Waals surface area contributed by atoms with E-state index in [-0.39, 0.29) is 0 Å². The van der Waals surface area contributed by atoms with Crippen molar-refractivity contribution in [3.8, 4) is 0 Å². The highest BCUT2D eigenvalue weighted by Gasteiger charge is 1.71. The van der Waals surface area contributed by atoms with Crippen molar-refractivity contribution >= 4 is 0 Å². The van der Waals surface area contributed by atoms with Crippen molar-refractivity contribution in [2.45, 2.75) is 26.2 Å². The molecule has 7 heavy (non-hydrogen) atoms. The largest absolute Gasteiger partial charge is 0.245 e. The van der Waals surface area contributed by atoms with Gasteiger partial charge < -0.3 is 0 Å². The molecule has 0 aromatic rings. The highest BCUT2D eigenvalue weighted by molar-refractivity contribution is 4.85. The van der Waals surface area contributed by atoms with Crippen molar-refractivity contribution in [2.75, 3.05) is 0 Å². The van der Waals surface area contributed by atoms with Crippen LogP contribution in [-0.4, -0.2) is 0 Å². The predicted molar refractivity (Wildman–Crippen MR) is 34.0 cm³/mol.